The van der Waals surface area contributed by atoms with Crippen molar-refractivity contribution in [3.05, 3.63) is 12.7 Å². The Morgan fingerprint density at radius 1 is 1.36 bits per heavy atom. The zero-order valence-electron chi connectivity index (χ0n) is 9.18. The molecule has 80 valence electrons. The molecule has 0 aromatic rings. The summed E-state index contributed by atoms with van der Waals surface area (Å²) < 4.78 is 0. The summed E-state index contributed by atoms with van der Waals surface area (Å²) in [5.41, 5.74) is 0. The van der Waals surface area contributed by atoms with Crippen LogP contribution in [0.5, 0.6) is 0 Å². The first-order chi connectivity index (χ1) is 6.74. The maximum atomic E-state index is 10.9. The summed E-state index contributed by atoms with van der Waals surface area (Å²) in [5.74, 6) is 1.17. The summed E-state index contributed by atoms with van der Waals surface area (Å²) in [6.07, 6.45) is 6.09. The lowest BCUT2D eigenvalue weighted by atomic mass is 10.1. The van der Waals surface area contributed by atoms with Crippen molar-refractivity contribution in [3.63, 3.8) is 0 Å². The van der Waals surface area contributed by atoms with Gasteiger partial charge in [-0.3, -0.25) is 9.79 Å². The van der Waals surface area contributed by atoms with Gasteiger partial charge in [0, 0.05) is 26.9 Å². The van der Waals surface area contributed by atoms with Crippen LogP contribution in [-0.2, 0) is 4.79 Å². The molecule has 0 atom stereocenters. The average Bonchev–Trinajstić information content (AvgIpc) is 2.23. The van der Waals surface area contributed by atoms with E-state index >= 15 is 0 Å². The molecule has 0 fully saturated rings. The highest BCUT2D eigenvalue weighted by atomic mass is 16.1. The topological polar surface area (TPSA) is 41.5 Å². The van der Waals surface area contributed by atoms with Crippen LogP contribution in [0.3, 0.4) is 0 Å². The van der Waals surface area contributed by atoms with Crippen LogP contribution in [0.4, 0.5) is 0 Å². The first-order valence-electron chi connectivity index (χ1n) is 5.03. The molecule has 0 aromatic carbocycles. The molecule has 0 radical (unpaired) electrons. The smallest absolute Gasteiger partial charge is 0.155 e. The molecule has 0 unspecified atom stereocenters. The molecule has 0 bridgehead atoms. The molecular weight excluding hydrogens is 176 g/mol. The molecule has 0 aliphatic rings. The molecule has 0 aliphatic heterocycles. The molecule has 0 aromatic heterocycles. The van der Waals surface area contributed by atoms with E-state index < -0.39 is 0 Å². The lowest BCUT2D eigenvalue weighted by molar-refractivity contribution is -0.114. The number of allylic oxidation sites excluding steroid dienone is 1. The van der Waals surface area contributed by atoms with Crippen molar-refractivity contribution in [1.29, 1.82) is 0 Å². The molecule has 3 heteroatoms. The van der Waals surface area contributed by atoms with E-state index in [1.54, 1.807) is 7.05 Å². The van der Waals surface area contributed by atoms with E-state index in [0.717, 1.165) is 31.5 Å². The number of nitrogens with zero attached hydrogens (tertiary/aromatic N) is 1. The van der Waals surface area contributed by atoms with Crippen molar-refractivity contribution in [1.82, 2.24) is 5.32 Å². The van der Waals surface area contributed by atoms with Crippen LogP contribution in [-0.4, -0.2) is 25.7 Å². The van der Waals surface area contributed by atoms with Gasteiger partial charge in [0.15, 0.2) is 5.78 Å². The van der Waals surface area contributed by atoms with Crippen LogP contribution in [0.25, 0.3) is 0 Å². The van der Waals surface area contributed by atoms with Crippen LogP contribution in [0.1, 0.15) is 32.1 Å². The van der Waals surface area contributed by atoms with Crippen LogP contribution >= 0.6 is 0 Å². The molecule has 0 saturated heterocycles. The van der Waals surface area contributed by atoms with Crippen molar-refractivity contribution in [2.24, 2.45) is 4.99 Å². The zero-order valence-corrected chi connectivity index (χ0v) is 9.18. The van der Waals surface area contributed by atoms with Crippen molar-refractivity contribution in [2.45, 2.75) is 32.1 Å². The number of hydrogen-bond donors (Lipinski definition) is 1. The maximum Gasteiger partial charge on any atom is 0.155 e. The number of rotatable bonds is 7. The molecule has 0 heterocycles. The third kappa shape index (κ3) is 6.40. The standard InChI is InChI=1S/C11H20N2O/c1-4-10(14)8-6-5-7-9-11(12-2)13-3/h4H,1,5-9H2,2-3H3,(H,12,13). The number of nitrogens with one attached hydrogen (secondary N) is 1. The summed E-state index contributed by atoms with van der Waals surface area (Å²) in [4.78, 5) is 14.9. The lowest BCUT2D eigenvalue weighted by Gasteiger charge is -2.03. The Morgan fingerprint density at radius 3 is 2.50 bits per heavy atom. The first-order valence-corrected chi connectivity index (χ1v) is 5.03. The van der Waals surface area contributed by atoms with Crippen LogP contribution < -0.4 is 5.32 Å². The minimum absolute atomic E-state index is 0.142. The number of hydrogen-bond acceptors (Lipinski definition) is 2. The second kappa shape index (κ2) is 8.48. The van der Waals surface area contributed by atoms with Gasteiger partial charge in [0.05, 0.1) is 5.84 Å². The number of carbonyl (C=O) groups excluding carboxylic acids is 1. The molecule has 0 aliphatic carbocycles. The minimum atomic E-state index is 0.142. The molecule has 1 N–H and O–H groups in total. The predicted octanol–water partition coefficient (Wildman–Crippen LogP) is 1.94. The lowest BCUT2D eigenvalue weighted by Crippen LogP contribution is -2.17. The van der Waals surface area contributed by atoms with Gasteiger partial charge in [-0.05, 0) is 18.9 Å². The van der Waals surface area contributed by atoms with Gasteiger partial charge < -0.3 is 5.32 Å². The van der Waals surface area contributed by atoms with Crippen molar-refractivity contribution in [2.75, 3.05) is 14.1 Å². The summed E-state index contributed by atoms with van der Waals surface area (Å²) >= 11 is 0. The zero-order chi connectivity index (χ0) is 10.8. The van der Waals surface area contributed by atoms with E-state index in [1.165, 1.54) is 6.08 Å². The fourth-order valence-electron chi connectivity index (χ4n) is 1.22. The molecule has 3 nitrogen and oxygen atoms in total. The summed E-state index contributed by atoms with van der Waals surface area (Å²) in [5, 5.41) is 3.03. The van der Waals surface area contributed by atoms with Gasteiger partial charge in [0.25, 0.3) is 0 Å². The van der Waals surface area contributed by atoms with Crippen LogP contribution in [0.15, 0.2) is 17.6 Å². The monoisotopic (exact) mass is 196 g/mol. The number of carbonyl (C=O) groups is 1. The molecular formula is C11H20N2O. The average molecular weight is 196 g/mol. The summed E-state index contributed by atoms with van der Waals surface area (Å²) in [7, 11) is 3.66. The highest BCUT2D eigenvalue weighted by molar-refractivity contribution is 5.88. The predicted molar refractivity (Wildman–Crippen MR) is 60.7 cm³/mol. The number of unbranched alkanes of at least 4 members (excludes halogenated alkanes) is 2. The van der Waals surface area contributed by atoms with E-state index in [0.29, 0.717) is 6.42 Å². The van der Waals surface area contributed by atoms with Gasteiger partial charge in [0.2, 0.25) is 0 Å². The Bertz CT molecular complexity index is 209. The van der Waals surface area contributed by atoms with Gasteiger partial charge in [-0.25, -0.2) is 0 Å². The second-order valence-corrected chi connectivity index (χ2v) is 3.15. The Kier molecular flexibility index (Phi) is 7.80. The third-order valence-corrected chi connectivity index (χ3v) is 2.12. The third-order valence-electron chi connectivity index (χ3n) is 2.12. The maximum absolute atomic E-state index is 10.9. The Balaban J connectivity index is 3.38. The van der Waals surface area contributed by atoms with Crippen molar-refractivity contribution < 1.29 is 4.79 Å². The second-order valence-electron chi connectivity index (χ2n) is 3.15. The quantitative estimate of drug-likeness (QED) is 0.292. The number of ketones is 1. The normalized spacial score (nSPS) is 11.1. The van der Waals surface area contributed by atoms with Gasteiger partial charge in [-0.15, -0.1) is 0 Å². The van der Waals surface area contributed by atoms with Crippen molar-refractivity contribution in [3.8, 4) is 0 Å². The minimum Gasteiger partial charge on any atom is -0.377 e. The van der Waals surface area contributed by atoms with E-state index in [9.17, 15) is 4.79 Å². The highest BCUT2D eigenvalue weighted by Gasteiger charge is 1.97. The number of aliphatic imine (C=N–C) groups is 1. The Labute approximate surface area is 86.3 Å². The molecule has 0 amide bonds. The van der Waals surface area contributed by atoms with E-state index in [-0.39, 0.29) is 5.78 Å². The summed E-state index contributed by atoms with van der Waals surface area (Å²) in [6, 6.07) is 0. The van der Waals surface area contributed by atoms with Crippen molar-refractivity contribution >= 4 is 11.6 Å². The first kappa shape index (κ1) is 12.9. The molecule has 0 rings (SSSR count). The largest absolute Gasteiger partial charge is 0.377 e. The van der Waals surface area contributed by atoms with Gasteiger partial charge >= 0.3 is 0 Å². The van der Waals surface area contributed by atoms with Gasteiger partial charge in [0.1, 0.15) is 0 Å². The van der Waals surface area contributed by atoms with E-state index in [2.05, 4.69) is 16.9 Å². The highest BCUT2D eigenvalue weighted by Crippen LogP contribution is 2.04. The van der Waals surface area contributed by atoms with Crippen LogP contribution in [0, 0.1) is 0 Å². The van der Waals surface area contributed by atoms with E-state index in [1.807, 2.05) is 7.05 Å². The molecule has 14 heavy (non-hydrogen) atoms. The fourth-order valence-corrected chi connectivity index (χ4v) is 1.22. The fraction of sp³-hybridized carbons (Fsp3) is 0.636. The van der Waals surface area contributed by atoms with Gasteiger partial charge in [-0.2, -0.15) is 0 Å². The van der Waals surface area contributed by atoms with E-state index in [4.69, 9.17) is 0 Å². The molecule has 0 saturated carbocycles. The Morgan fingerprint density at radius 2 is 2.00 bits per heavy atom. The number of amidine groups is 1. The molecule has 0 spiro atoms. The van der Waals surface area contributed by atoms with Gasteiger partial charge in [-0.1, -0.05) is 13.0 Å². The summed E-state index contributed by atoms with van der Waals surface area (Å²) in [6.45, 7) is 3.44. The SMILES string of the molecule is C=CC(=O)CCCCCC(=NC)NC. The Hall–Kier alpha value is -1.12. The van der Waals surface area contributed by atoms with Crippen LogP contribution in [0.2, 0.25) is 0 Å².